The van der Waals surface area contributed by atoms with E-state index in [4.69, 9.17) is 4.74 Å². The lowest BCUT2D eigenvalue weighted by atomic mass is 10.1. The Morgan fingerprint density at radius 3 is 2.22 bits per heavy atom. The van der Waals surface area contributed by atoms with E-state index < -0.39 is 0 Å². The summed E-state index contributed by atoms with van der Waals surface area (Å²) in [6.07, 6.45) is 0.641. The molecule has 0 saturated heterocycles. The van der Waals surface area contributed by atoms with E-state index in [-0.39, 0.29) is 18.2 Å². The summed E-state index contributed by atoms with van der Waals surface area (Å²) in [5.41, 5.74) is 2.88. The minimum Gasteiger partial charge on any atom is -0.356 e. The first kappa shape index (κ1) is 14.7. The van der Waals surface area contributed by atoms with E-state index in [1.54, 1.807) is 0 Å². The van der Waals surface area contributed by atoms with Crippen LogP contribution in [0.15, 0.2) is 18.2 Å². The molecule has 0 fully saturated rings. The molecule has 1 atom stereocenters. The fourth-order valence-corrected chi connectivity index (χ4v) is 1.90. The van der Waals surface area contributed by atoms with E-state index in [9.17, 15) is 4.79 Å². The second-order valence-corrected chi connectivity index (χ2v) is 4.93. The lowest BCUT2D eigenvalue weighted by Crippen LogP contribution is -2.38. The molecule has 1 amide bonds. The predicted molar refractivity (Wildman–Crippen MR) is 73.7 cm³/mol. The van der Waals surface area contributed by atoms with E-state index in [1.165, 1.54) is 0 Å². The Bertz CT molecular complexity index is 393. The van der Waals surface area contributed by atoms with Crippen molar-refractivity contribution in [3.05, 3.63) is 34.9 Å². The highest BCUT2D eigenvalue weighted by atomic mass is 16.5. The molecule has 0 saturated carbocycles. The SMILES string of the molecule is CCC(NC(=O)c1cc(C)cc(C)c1)OC(C)C. The Labute approximate surface area is 110 Å². The number of hydrogen-bond acceptors (Lipinski definition) is 2. The normalized spacial score (nSPS) is 12.6. The van der Waals surface area contributed by atoms with Gasteiger partial charge in [-0.2, -0.15) is 0 Å². The molecule has 1 N–H and O–H groups in total. The zero-order valence-electron chi connectivity index (χ0n) is 11.9. The first-order valence-electron chi connectivity index (χ1n) is 6.47. The van der Waals surface area contributed by atoms with Gasteiger partial charge in [0.15, 0.2) is 0 Å². The molecule has 0 spiro atoms. The molecule has 1 aromatic rings. The Morgan fingerprint density at radius 1 is 1.22 bits per heavy atom. The molecule has 0 radical (unpaired) electrons. The topological polar surface area (TPSA) is 38.3 Å². The van der Waals surface area contributed by atoms with E-state index in [2.05, 4.69) is 11.4 Å². The highest BCUT2D eigenvalue weighted by Crippen LogP contribution is 2.10. The molecule has 0 heterocycles. The molecule has 1 aromatic carbocycles. The van der Waals surface area contributed by atoms with Crippen LogP contribution in [-0.2, 0) is 4.74 Å². The smallest absolute Gasteiger partial charge is 0.253 e. The summed E-state index contributed by atoms with van der Waals surface area (Å²) in [5.74, 6) is -0.0747. The average molecular weight is 249 g/mol. The lowest BCUT2D eigenvalue weighted by Gasteiger charge is -2.20. The van der Waals surface area contributed by atoms with Crippen molar-refractivity contribution in [2.24, 2.45) is 0 Å². The largest absolute Gasteiger partial charge is 0.356 e. The third-order valence-corrected chi connectivity index (χ3v) is 2.58. The van der Waals surface area contributed by atoms with Crippen molar-refractivity contribution in [1.29, 1.82) is 0 Å². The molecule has 0 aliphatic carbocycles. The van der Waals surface area contributed by atoms with E-state index in [0.29, 0.717) is 5.56 Å². The number of benzene rings is 1. The Kier molecular flexibility index (Phi) is 5.35. The van der Waals surface area contributed by atoms with Crippen molar-refractivity contribution >= 4 is 5.91 Å². The van der Waals surface area contributed by atoms with Crippen LogP contribution >= 0.6 is 0 Å². The maximum absolute atomic E-state index is 12.1. The number of carbonyl (C=O) groups is 1. The highest BCUT2D eigenvalue weighted by Gasteiger charge is 2.14. The molecular weight excluding hydrogens is 226 g/mol. The minimum atomic E-state index is -0.224. The first-order chi connectivity index (χ1) is 8.42. The molecule has 18 heavy (non-hydrogen) atoms. The molecular formula is C15H23NO2. The molecule has 100 valence electrons. The van der Waals surface area contributed by atoms with Gasteiger partial charge in [-0.15, -0.1) is 0 Å². The van der Waals surface area contributed by atoms with Gasteiger partial charge in [-0.1, -0.05) is 24.1 Å². The van der Waals surface area contributed by atoms with Crippen molar-refractivity contribution < 1.29 is 9.53 Å². The van der Waals surface area contributed by atoms with Gasteiger partial charge < -0.3 is 10.1 Å². The molecule has 0 aliphatic heterocycles. The number of rotatable bonds is 5. The number of carbonyl (C=O) groups excluding carboxylic acids is 1. The molecule has 0 aliphatic rings. The monoisotopic (exact) mass is 249 g/mol. The second-order valence-electron chi connectivity index (χ2n) is 4.93. The van der Waals surface area contributed by atoms with Crippen LogP contribution in [0.3, 0.4) is 0 Å². The molecule has 0 aromatic heterocycles. The van der Waals surface area contributed by atoms with Crippen molar-refractivity contribution in [3.8, 4) is 0 Å². The summed E-state index contributed by atoms with van der Waals surface area (Å²) >= 11 is 0. The van der Waals surface area contributed by atoms with Gasteiger partial charge in [0.2, 0.25) is 0 Å². The first-order valence-corrected chi connectivity index (χ1v) is 6.47. The van der Waals surface area contributed by atoms with E-state index in [1.807, 2.05) is 46.8 Å². The molecule has 1 unspecified atom stereocenters. The Balaban J connectivity index is 2.74. The zero-order chi connectivity index (χ0) is 13.7. The van der Waals surface area contributed by atoms with Gasteiger partial charge >= 0.3 is 0 Å². The van der Waals surface area contributed by atoms with Gasteiger partial charge in [0.05, 0.1) is 6.10 Å². The van der Waals surface area contributed by atoms with Crippen LogP contribution in [-0.4, -0.2) is 18.2 Å². The van der Waals surface area contributed by atoms with Crippen molar-refractivity contribution in [2.45, 2.75) is 53.4 Å². The number of nitrogens with one attached hydrogen (secondary N) is 1. The van der Waals surface area contributed by atoms with Crippen LogP contribution in [0, 0.1) is 13.8 Å². The number of aryl methyl sites for hydroxylation is 2. The van der Waals surface area contributed by atoms with Gasteiger partial charge in [-0.05, 0) is 46.2 Å². The maximum Gasteiger partial charge on any atom is 0.253 e. The zero-order valence-corrected chi connectivity index (χ0v) is 11.9. The van der Waals surface area contributed by atoms with Crippen molar-refractivity contribution in [3.63, 3.8) is 0 Å². The van der Waals surface area contributed by atoms with Gasteiger partial charge in [0.1, 0.15) is 6.23 Å². The standard InChI is InChI=1S/C15H23NO2/c1-6-14(18-10(2)3)16-15(17)13-8-11(4)7-12(5)9-13/h7-10,14H,6H2,1-5H3,(H,16,17). The fourth-order valence-electron chi connectivity index (χ4n) is 1.90. The summed E-state index contributed by atoms with van der Waals surface area (Å²) in [7, 11) is 0. The summed E-state index contributed by atoms with van der Waals surface area (Å²) in [6, 6.07) is 5.84. The summed E-state index contributed by atoms with van der Waals surface area (Å²) < 4.78 is 5.62. The van der Waals surface area contributed by atoms with Crippen LogP contribution in [0.4, 0.5) is 0 Å². The number of hydrogen-bond donors (Lipinski definition) is 1. The second kappa shape index (κ2) is 6.55. The van der Waals surface area contributed by atoms with Crippen LogP contribution in [0.25, 0.3) is 0 Å². The van der Waals surface area contributed by atoms with Crippen LogP contribution in [0.5, 0.6) is 0 Å². The highest BCUT2D eigenvalue weighted by molar-refractivity contribution is 5.94. The number of ether oxygens (including phenoxy) is 1. The van der Waals surface area contributed by atoms with Crippen LogP contribution in [0.2, 0.25) is 0 Å². The van der Waals surface area contributed by atoms with Crippen LogP contribution < -0.4 is 5.32 Å². The molecule has 3 nitrogen and oxygen atoms in total. The summed E-state index contributed by atoms with van der Waals surface area (Å²) in [6.45, 7) is 9.91. The third kappa shape index (κ3) is 4.49. The van der Waals surface area contributed by atoms with Gasteiger partial charge in [0.25, 0.3) is 5.91 Å². The Hall–Kier alpha value is -1.35. The summed E-state index contributed by atoms with van der Waals surface area (Å²) in [5, 5.41) is 2.91. The molecule has 3 heteroatoms. The van der Waals surface area contributed by atoms with Crippen molar-refractivity contribution in [2.75, 3.05) is 0 Å². The number of amides is 1. The van der Waals surface area contributed by atoms with Gasteiger partial charge in [-0.3, -0.25) is 4.79 Å². The molecule has 0 bridgehead atoms. The van der Waals surface area contributed by atoms with E-state index in [0.717, 1.165) is 17.5 Å². The average Bonchev–Trinajstić information content (AvgIpc) is 2.26. The third-order valence-electron chi connectivity index (χ3n) is 2.58. The maximum atomic E-state index is 12.1. The predicted octanol–water partition coefficient (Wildman–Crippen LogP) is 3.19. The van der Waals surface area contributed by atoms with Crippen molar-refractivity contribution in [1.82, 2.24) is 5.32 Å². The fraction of sp³-hybridized carbons (Fsp3) is 0.533. The Morgan fingerprint density at radius 2 is 1.78 bits per heavy atom. The van der Waals surface area contributed by atoms with Gasteiger partial charge in [0, 0.05) is 5.56 Å². The minimum absolute atomic E-state index is 0.0747. The van der Waals surface area contributed by atoms with Gasteiger partial charge in [-0.25, -0.2) is 0 Å². The van der Waals surface area contributed by atoms with Crippen LogP contribution in [0.1, 0.15) is 48.7 Å². The molecule has 1 rings (SSSR count). The lowest BCUT2D eigenvalue weighted by molar-refractivity contribution is -0.0107. The summed E-state index contributed by atoms with van der Waals surface area (Å²) in [4.78, 5) is 12.1. The quantitative estimate of drug-likeness (QED) is 0.814. The van der Waals surface area contributed by atoms with E-state index >= 15 is 0 Å².